The Hall–Kier alpha value is -8.20. The van der Waals surface area contributed by atoms with E-state index in [0.29, 0.717) is 0 Å². The van der Waals surface area contributed by atoms with Crippen molar-refractivity contribution in [3.05, 3.63) is 280 Å². The van der Waals surface area contributed by atoms with E-state index in [0.717, 1.165) is 6.42 Å². The zero-order valence-electron chi connectivity index (χ0n) is 49.4. The predicted molar refractivity (Wildman–Crippen MR) is 343 cm³/mol. The van der Waals surface area contributed by atoms with Gasteiger partial charge in [0.25, 0.3) is 0 Å². The molecule has 15 rings (SSSR count). The lowest BCUT2D eigenvalue weighted by atomic mass is 9.75. The lowest BCUT2D eigenvalue weighted by molar-refractivity contribution is 0.425. The average molecular weight is 1050 g/mol. The smallest absolute Gasteiger partial charge is 0.0465 e. The predicted octanol–water partition coefficient (Wildman–Crippen LogP) is 20.8. The molecule has 0 heterocycles. The van der Waals surface area contributed by atoms with Crippen molar-refractivity contribution in [2.75, 3.05) is 16.8 Å². The van der Waals surface area contributed by atoms with E-state index in [1.54, 1.807) is 0 Å². The van der Waals surface area contributed by atoms with Crippen molar-refractivity contribution >= 4 is 28.4 Å². The summed E-state index contributed by atoms with van der Waals surface area (Å²) in [5.41, 5.74) is 32.5. The molecular formula is C79H74N2. The number of benzene rings is 10. The van der Waals surface area contributed by atoms with Crippen molar-refractivity contribution < 1.29 is 0 Å². The van der Waals surface area contributed by atoms with Gasteiger partial charge in [0.1, 0.15) is 0 Å². The maximum Gasteiger partial charge on any atom is 0.0465 e. The molecule has 0 fully saturated rings. The van der Waals surface area contributed by atoms with E-state index in [-0.39, 0.29) is 32.5 Å². The molecule has 0 aromatic heterocycles. The van der Waals surface area contributed by atoms with Crippen molar-refractivity contribution in [3.8, 4) is 44.5 Å². The Morgan fingerprint density at radius 2 is 0.531 bits per heavy atom. The third kappa shape index (κ3) is 7.44. The molecule has 2 nitrogen and oxygen atoms in total. The minimum atomic E-state index is -0.0731. The summed E-state index contributed by atoms with van der Waals surface area (Å²) < 4.78 is 0. The van der Waals surface area contributed by atoms with Gasteiger partial charge in [0.05, 0.1) is 0 Å². The van der Waals surface area contributed by atoms with E-state index in [9.17, 15) is 0 Å². The lowest BCUT2D eigenvalue weighted by Gasteiger charge is -2.31. The van der Waals surface area contributed by atoms with Crippen LogP contribution in [0, 0.1) is 0 Å². The molecule has 1 unspecified atom stereocenters. The third-order valence-corrected chi connectivity index (χ3v) is 20.4. The number of hydrogen-bond donors (Lipinski definition) is 0. The van der Waals surface area contributed by atoms with Gasteiger partial charge in [-0.1, -0.05) is 234 Å². The van der Waals surface area contributed by atoms with Crippen LogP contribution in [-0.4, -0.2) is 7.05 Å². The fourth-order valence-electron chi connectivity index (χ4n) is 15.9. The molecule has 0 spiro atoms. The molecule has 0 aliphatic heterocycles. The van der Waals surface area contributed by atoms with Crippen LogP contribution in [0.3, 0.4) is 0 Å². The van der Waals surface area contributed by atoms with Crippen LogP contribution in [0.4, 0.5) is 28.4 Å². The van der Waals surface area contributed by atoms with Crippen LogP contribution in [0.2, 0.25) is 0 Å². The Balaban J connectivity index is 0.000000159. The molecule has 10 aromatic rings. The van der Waals surface area contributed by atoms with E-state index in [1.807, 2.05) is 0 Å². The van der Waals surface area contributed by atoms with E-state index in [4.69, 9.17) is 0 Å². The fourth-order valence-corrected chi connectivity index (χ4v) is 15.9. The average Bonchev–Trinajstić information content (AvgIpc) is 4.30. The first-order chi connectivity index (χ1) is 38.7. The van der Waals surface area contributed by atoms with Crippen LogP contribution >= 0.6 is 0 Å². The van der Waals surface area contributed by atoms with E-state index < -0.39 is 0 Å². The largest absolute Gasteiger partial charge is 0.345 e. The summed E-state index contributed by atoms with van der Waals surface area (Å²) in [5.74, 6) is 0. The summed E-state index contributed by atoms with van der Waals surface area (Å²) >= 11 is 0. The van der Waals surface area contributed by atoms with E-state index >= 15 is 0 Å². The van der Waals surface area contributed by atoms with Crippen molar-refractivity contribution in [2.45, 2.75) is 115 Å². The Morgan fingerprint density at radius 1 is 0.259 bits per heavy atom. The summed E-state index contributed by atoms with van der Waals surface area (Å²) in [7, 11) is 2.19. The van der Waals surface area contributed by atoms with Gasteiger partial charge < -0.3 is 9.80 Å². The van der Waals surface area contributed by atoms with Gasteiger partial charge in [-0.2, -0.15) is 0 Å². The molecule has 0 saturated heterocycles. The maximum absolute atomic E-state index is 2.48. The second kappa shape index (κ2) is 17.6. The van der Waals surface area contributed by atoms with Gasteiger partial charge in [-0.05, 0) is 178 Å². The Labute approximate surface area is 481 Å². The van der Waals surface area contributed by atoms with Crippen LogP contribution in [0.25, 0.3) is 44.5 Å². The van der Waals surface area contributed by atoms with Crippen molar-refractivity contribution in [1.29, 1.82) is 0 Å². The van der Waals surface area contributed by atoms with E-state index in [1.165, 1.54) is 134 Å². The lowest BCUT2D eigenvalue weighted by Crippen LogP contribution is -2.23. The Bertz CT molecular complexity index is 4000. The first kappa shape index (κ1) is 51.0. The van der Waals surface area contributed by atoms with Crippen LogP contribution in [0.1, 0.15) is 144 Å². The zero-order valence-corrected chi connectivity index (χ0v) is 49.4. The molecule has 0 N–H and O–H groups in total. The SMILES string of the molecule is CC1(C)CC(C)(c2ccc(N(c3ccc4c(c3)C(C)(C)c3ccccc3-4)c3ccc4c(c3)C(C)(C)c3ccccc3-4)cc2)c2ccccc21.CN(c1ccc2c(c1)C(C)(C)c1ccccc1-2)c1ccc2c(c1)C(C)(C)c1ccccc1-2. The Morgan fingerprint density at radius 3 is 0.889 bits per heavy atom. The van der Waals surface area contributed by atoms with Crippen molar-refractivity contribution in [3.63, 3.8) is 0 Å². The molecule has 5 aliphatic rings. The highest BCUT2D eigenvalue weighted by atomic mass is 15.1. The maximum atomic E-state index is 2.48. The molecule has 2 heteroatoms. The van der Waals surface area contributed by atoms with Crippen molar-refractivity contribution in [2.24, 2.45) is 0 Å². The highest BCUT2D eigenvalue weighted by Crippen LogP contribution is 2.57. The van der Waals surface area contributed by atoms with Gasteiger partial charge in [0.15, 0.2) is 0 Å². The van der Waals surface area contributed by atoms with Gasteiger partial charge in [-0.15, -0.1) is 0 Å². The topological polar surface area (TPSA) is 6.48 Å². The number of fused-ring (bicyclic) bond motifs is 13. The highest BCUT2D eigenvalue weighted by Gasteiger charge is 2.46. The van der Waals surface area contributed by atoms with Crippen LogP contribution < -0.4 is 9.80 Å². The highest BCUT2D eigenvalue weighted by molar-refractivity contribution is 5.90. The summed E-state index contributed by atoms with van der Waals surface area (Å²) in [5, 5.41) is 0. The van der Waals surface area contributed by atoms with E-state index in [2.05, 4.69) is 311 Å². The molecule has 0 bridgehead atoms. The minimum absolute atomic E-state index is 0.0182. The van der Waals surface area contributed by atoms with Crippen LogP contribution in [-0.2, 0) is 32.5 Å². The van der Waals surface area contributed by atoms with Crippen LogP contribution in [0.5, 0.6) is 0 Å². The third-order valence-electron chi connectivity index (χ3n) is 20.4. The molecule has 5 aliphatic carbocycles. The zero-order chi connectivity index (χ0) is 56.2. The number of rotatable bonds is 6. The quantitative estimate of drug-likeness (QED) is 0.164. The summed E-state index contributed by atoms with van der Waals surface area (Å²) in [6.45, 7) is 26.1. The molecule has 0 saturated carbocycles. The van der Waals surface area contributed by atoms with Gasteiger partial charge in [0.2, 0.25) is 0 Å². The summed E-state index contributed by atoms with van der Waals surface area (Å²) in [6, 6.07) is 82.3. The normalized spacial score (nSPS) is 18.4. The molecular weight excluding hydrogens is 977 g/mol. The van der Waals surface area contributed by atoms with Gasteiger partial charge in [-0.3, -0.25) is 0 Å². The number of anilines is 5. The molecule has 0 radical (unpaired) electrons. The van der Waals surface area contributed by atoms with Gasteiger partial charge in [-0.25, -0.2) is 0 Å². The number of nitrogens with zero attached hydrogens (tertiary/aromatic N) is 2. The molecule has 0 amide bonds. The van der Waals surface area contributed by atoms with Gasteiger partial charge in [0, 0.05) is 62.6 Å². The Kier molecular flexibility index (Phi) is 11.1. The van der Waals surface area contributed by atoms with Crippen LogP contribution in [0.15, 0.2) is 218 Å². The second-order valence-corrected chi connectivity index (χ2v) is 27.0. The molecule has 400 valence electrons. The van der Waals surface area contributed by atoms with Gasteiger partial charge >= 0.3 is 0 Å². The molecule has 1 atom stereocenters. The second-order valence-electron chi connectivity index (χ2n) is 27.0. The standard InChI is InChI=1S/C48H45N.C31H29N/c1-45(2)30-48(7,42-19-13-12-18-41(42)45)31-20-22-32(23-21-31)49(33-24-26-37-35-14-8-10-16-39(35)46(3,4)43(37)28-33)34-25-27-38-36-15-9-11-17-40(36)47(5,6)44(38)29-34;1-30(2)26-12-8-6-10-22(26)24-16-14-20(18-28(24)30)32(5)21-15-17-25-23-11-7-9-13-27(23)31(3,4)29(25)19-21/h8-29H,30H2,1-7H3;6-19H,1-5H3. The minimum Gasteiger partial charge on any atom is -0.345 e. The summed E-state index contributed by atoms with van der Waals surface area (Å²) in [6.07, 6.45) is 1.10. The monoisotopic (exact) mass is 1050 g/mol. The fraction of sp³-hybridized carbons (Fsp3) is 0.241. The first-order valence-electron chi connectivity index (χ1n) is 29.4. The number of hydrogen-bond acceptors (Lipinski definition) is 2. The molecule has 81 heavy (non-hydrogen) atoms. The van der Waals surface area contributed by atoms with Crippen molar-refractivity contribution in [1.82, 2.24) is 0 Å². The first-order valence-corrected chi connectivity index (χ1v) is 29.4. The molecule has 10 aromatic carbocycles. The summed E-state index contributed by atoms with van der Waals surface area (Å²) in [4.78, 5) is 4.82.